The Hall–Kier alpha value is -0.120. The highest BCUT2D eigenvalue weighted by atomic mass is 35.5. The van der Waals surface area contributed by atoms with Crippen molar-refractivity contribution in [3.63, 3.8) is 0 Å². The van der Waals surface area contributed by atoms with Gasteiger partial charge < -0.3 is 0 Å². The van der Waals surface area contributed by atoms with Crippen LogP contribution in [-0.4, -0.2) is 19.0 Å². The molecule has 10 heavy (non-hydrogen) atoms. The minimum Gasteiger partial charge on any atom is -0.297 e. The molecule has 0 fully saturated rings. The van der Waals surface area contributed by atoms with Gasteiger partial charge in [0, 0.05) is 18.2 Å². The summed E-state index contributed by atoms with van der Waals surface area (Å²) < 4.78 is 0. The Morgan fingerprint density at radius 1 is 1.70 bits per heavy atom. The first-order chi connectivity index (χ1) is 4.10. The Balaban J connectivity index is 0.000000810. The Labute approximate surface area is 67.5 Å². The summed E-state index contributed by atoms with van der Waals surface area (Å²) in [7, 11) is 0. The Morgan fingerprint density at radius 3 is 2.60 bits per heavy atom. The van der Waals surface area contributed by atoms with Crippen LogP contribution in [0.2, 0.25) is 0 Å². The third kappa shape index (κ3) is 2.64. The van der Waals surface area contributed by atoms with Crippen LogP contribution in [0.4, 0.5) is 0 Å². The fourth-order valence-electron chi connectivity index (χ4n) is 0.748. The van der Waals surface area contributed by atoms with Crippen LogP contribution in [-0.2, 0) is 0 Å². The van der Waals surface area contributed by atoms with E-state index in [0.717, 1.165) is 6.54 Å². The van der Waals surface area contributed by atoms with Crippen molar-refractivity contribution in [2.75, 3.05) is 6.54 Å². The van der Waals surface area contributed by atoms with Gasteiger partial charge in [-0.1, -0.05) is 13.8 Å². The van der Waals surface area contributed by atoms with Crippen molar-refractivity contribution in [2.24, 2.45) is 16.1 Å². The van der Waals surface area contributed by atoms with Crippen molar-refractivity contribution >= 4 is 18.6 Å². The van der Waals surface area contributed by atoms with Gasteiger partial charge >= 0.3 is 0 Å². The molecule has 1 atom stereocenters. The highest BCUT2D eigenvalue weighted by molar-refractivity contribution is 5.85. The lowest BCUT2D eigenvalue weighted by atomic mass is 9.94. The van der Waals surface area contributed by atoms with Gasteiger partial charge in [0.05, 0.1) is 0 Å². The van der Waals surface area contributed by atoms with Gasteiger partial charge in [-0.25, -0.2) is 0 Å². The van der Waals surface area contributed by atoms with Crippen LogP contribution in [0.25, 0.3) is 0 Å². The first-order valence-electron chi connectivity index (χ1n) is 3.13. The highest BCUT2D eigenvalue weighted by Gasteiger charge is 2.19. The highest BCUT2D eigenvalue weighted by Crippen LogP contribution is 2.12. The van der Waals surface area contributed by atoms with Crippen molar-refractivity contribution in [1.29, 1.82) is 0 Å². The fourth-order valence-corrected chi connectivity index (χ4v) is 0.748. The van der Waals surface area contributed by atoms with Gasteiger partial charge in [0.1, 0.15) is 0 Å². The fraction of sp³-hybridized carbons (Fsp3) is 0.833. The van der Waals surface area contributed by atoms with Gasteiger partial charge in [0.15, 0.2) is 6.29 Å². The lowest BCUT2D eigenvalue weighted by Gasteiger charge is -2.26. The maximum absolute atomic E-state index is 5.45. The monoisotopic (exact) mass is 163 g/mol. The van der Waals surface area contributed by atoms with Gasteiger partial charge in [-0.15, -0.1) is 12.4 Å². The summed E-state index contributed by atoms with van der Waals surface area (Å²) in [4.78, 5) is 4.02. The molecule has 0 aliphatic carbocycles. The summed E-state index contributed by atoms with van der Waals surface area (Å²) in [5.41, 5.74) is 5.62. The van der Waals surface area contributed by atoms with E-state index in [1.807, 2.05) is 6.21 Å². The second-order valence-electron chi connectivity index (χ2n) is 3.09. The van der Waals surface area contributed by atoms with Crippen molar-refractivity contribution in [2.45, 2.75) is 20.1 Å². The standard InChI is InChI=1S/C6H13N3.ClH/c1-6(2)3-8-5(7)9-4-6;/h3,5,9H,4,7H2,1-2H3;1H. The zero-order valence-corrected chi connectivity index (χ0v) is 7.11. The van der Waals surface area contributed by atoms with Crippen LogP contribution < -0.4 is 11.1 Å². The van der Waals surface area contributed by atoms with Gasteiger partial charge in [-0.3, -0.25) is 16.0 Å². The quantitative estimate of drug-likeness (QED) is 0.542. The number of hydrogen-bond donors (Lipinski definition) is 2. The number of nitrogens with two attached hydrogens (primary N) is 1. The number of rotatable bonds is 0. The molecule has 1 rings (SSSR count). The van der Waals surface area contributed by atoms with Gasteiger partial charge in [-0.05, 0) is 0 Å². The molecule has 1 aliphatic heterocycles. The normalized spacial score (nSPS) is 29.3. The molecule has 0 saturated carbocycles. The predicted octanol–water partition coefficient (Wildman–Crippen LogP) is 0.351. The molecule has 1 unspecified atom stereocenters. The summed E-state index contributed by atoms with van der Waals surface area (Å²) in [6, 6.07) is 0. The topological polar surface area (TPSA) is 50.4 Å². The van der Waals surface area contributed by atoms with Crippen molar-refractivity contribution < 1.29 is 0 Å². The minimum absolute atomic E-state index is 0. The van der Waals surface area contributed by atoms with Crippen LogP contribution in [0.3, 0.4) is 0 Å². The summed E-state index contributed by atoms with van der Waals surface area (Å²) in [5.74, 6) is 0. The second kappa shape index (κ2) is 3.32. The summed E-state index contributed by atoms with van der Waals surface area (Å²) >= 11 is 0. The third-order valence-electron chi connectivity index (χ3n) is 1.35. The third-order valence-corrected chi connectivity index (χ3v) is 1.35. The molecule has 0 aromatic carbocycles. The molecular formula is C6H14ClN3. The molecule has 0 saturated heterocycles. The van der Waals surface area contributed by atoms with E-state index < -0.39 is 0 Å². The van der Waals surface area contributed by atoms with Crippen LogP contribution in [0.1, 0.15) is 13.8 Å². The van der Waals surface area contributed by atoms with Crippen LogP contribution in [0, 0.1) is 5.41 Å². The van der Waals surface area contributed by atoms with Crippen molar-refractivity contribution in [3.8, 4) is 0 Å². The van der Waals surface area contributed by atoms with Gasteiger partial charge in [0.2, 0.25) is 0 Å². The average molecular weight is 164 g/mol. The molecule has 0 aromatic heterocycles. The van der Waals surface area contributed by atoms with Crippen molar-refractivity contribution in [3.05, 3.63) is 0 Å². The molecule has 3 N–H and O–H groups in total. The summed E-state index contributed by atoms with van der Waals surface area (Å²) in [6.45, 7) is 5.16. The molecule has 3 nitrogen and oxygen atoms in total. The number of nitrogens with zero attached hydrogens (tertiary/aromatic N) is 1. The van der Waals surface area contributed by atoms with E-state index in [9.17, 15) is 0 Å². The molecule has 0 bridgehead atoms. The van der Waals surface area contributed by atoms with E-state index in [1.165, 1.54) is 0 Å². The maximum atomic E-state index is 5.45. The molecule has 4 heteroatoms. The molecule has 0 amide bonds. The molecule has 0 radical (unpaired) electrons. The number of hydrogen-bond acceptors (Lipinski definition) is 3. The summed E-state index contributed by atoms with van der Waals surface area (Å²) in [6.07, 6.45) is 1.73. The van der Waals surface area contributed by atoms with E-state index in [-0.39, 0.29) is 24.1 Å². The Kier molecular flexibility index (Phi) is 3.28. The minimum atomic E-state index is -0.182. The number of halogens is 1. The van der Waals surface area contributed by atoms with E-state index in [4.69, 9.17) is 5.73 Å². The largest absolute Gasteiger partial charge is 0.297 e. The Bertz CT molecular complexity index is 133. The van der Waals surface area contributed by atoms with E-state index in [1.54, 1.807) is 0 Å². The second-order valence-corrected chi connectivity index (χ2v) is 3.09. The van der Waals surface area contributed by atoms with Gasteiger partial charge in [-0.2, -0.15) is 0 Å². The van der Waals surface area contributed by atoms with Gasteiger partial charge in [0.25, 0.3) is 0 Å². The molecule has 0 aromatic rings. The molecule has 60 valence electrons. The van der Waals surface area contributed by atoms with Crippen molar-refractivity contribution in [1.82, 2.24) is 5.32 Å². The van der Waals surface area contributed by atoms with Crippen LogP contribution >= 0.6 is 12.4 Å². The zero-order valence-electron chi connectivity index (χ0n) is 6.29. The average Bonchev–Trinajstić information content (AvgIpc) is 1.78. The van der Waals surface area contributed by atoms with E-state index in [0.29, 0.717) is 0 Å². The van der Waals surface area contributed by atoms with E-state index >= 15 is 0 Å². The zero-order chi connectivity index (χ0) is 6.91. The lowest BCUT2D eigenvalue weighted by molar-refractivity contribution is 0.401. The molecule has 1 heterocycles. The first kappa shape index (κ1) is 9.88. The molecular weight excluding hydrogens is 150 g/mol. The first-order valence-corrected chi connectivity index (χ1v) is 3.13. The molecule has 1 aliphatic rings. The maximum Gasteiger partial charge on any atom is 0.150 e. The summed E-state index contributed by atoms with van der Waals surface area (Å²) in [5, 5.41) is 3.05. The number of aliphatic imine (C=N–C) groups is 1. The lowest BCUT2D eigenvalue weighted by Crippen LogP contribution is -2.46. The smallest absolute Gasteiger partial charge is 0.150 e. The number of nitrogens with one attached hydrogen (secondary N) is 1. The molecule has 0 spiro atoms. The SMILES string of the molecule is CC1(C)C=NC(N)NC1.Cl. The predicted molar refractivity (Wildman–Crippen MR) is 45.5 cm³/mol. The van der Waals surface area contributed by atoms with Crippen LogP contribution in [0.5, 0.6) is 0 Å². The van der Waals surface area contributed by atoms with Crippen LogP contribution in [0.15, 0.2) is 4.99 Å². The van der Waals surface area contributed by atoms with E-state index in [2.05, 4.69) is 24.2 Å². The Morgan fingerprint density at radius 2 is 2.30 bits per heavy atom.